The van der Waals surface area contributed by atoms with Crippen molar-refractivity contribution in [3.63, 3.8) is 0 Å². The Morgan fingerprint density at radius 3 is 2.48 bits per heavy atom. The lowest BCUT2D eigenvalue weighted by Gasteiger charge is -2.39. The molecule has 33 heavy (non-hydrogen) atoms. The van der Waals surface area contributed by atoms with Crippen molar-refractivity contribution in [1.82, 2.24) is 10.2 Å². The summed E-state index contributed by atoms with van der Waals surface area (Å²) in [6, 6.07) is 15.8. The van der Waals surface area contributed by atoms with Crippen LogP contribution in [0.2, 0.25) is 0 Å². The number of nitrogens with zero attached hydrogens (tertiary/aromatic N) is 1. The highest BCUT2D eigenvalue weighted by Gasteiger charge is 2.37. The van der Waals surface area contributed by atoms with Crippen LogP contribution in [0.3, 0.4) is 0 Å². The summed E-state index contributed by atoms with van der Waals surface area (Å²) < 4.78 is 5.57. The molecule has 3 rings (SSSR count). The number of nitrogens with two attached hydrogens (primary N) is 1. The highest BCUT2D eigenvalue weighted by atomic mass is 16.6. The molecule has 1 aliphatic rings. The predicted molar refractivity (Wildman–Crippen MR) is 122 cm³/mol. The Morgan fingerprint density at radius 1 is 1.21 bits per heavy atom. The summed E-state index contributed by atoms with van der Waals surface area (Å²) in [5, 5.41) is 19.1. The molecule has 0 radical (unpaired) electrons. The van der Waals surface area contributed by atoms with Crippen LogP contribution in [-0.4, -0.2) is 46.0 Å². The molecule has 5 N–H and O–H groups in total. The molecule has 0 spiro atoms. The fourth-order valence-electron chi connectivity index (χ4n) is 3.90. The highest BCUT2D eigenvalue weighted by molar-refractivity contribution is 5.94. The molecule has 9 nitrogen and oxygen atoms in total. The summed E-state index contributed by atoms with van der Waals surface area (Å²) in [7, 11) is 0. The van der Waals surface area contributed by atoms with Gasteiger partial charge in [0.1, 0.15) is 11.9 Å². The van der Waals surface area contributed by atoms with Crippen molar-refractivity contribution in [3.8, 4) is 0 Å². The first-order valence-electron chi connectivity index (χ1n) is 10.7. The van der Waals surface area contributed by atoms with E-state index in [-0.39, 0.29) is 30.6 Å². The van der Waals surface area contributed by atoms with Crippen LogP contribution in [0, 0.1) is 5.41 Å². The first-order valence-corrected chi connectivity index (χ1v) is 10.7. The second-order valence-corrected chi connectivity index (χ2v) is 8.18. The fourth-order valence-corrected chi connectivity index (χ4v) is 3.90. The molecule has 0 saturated carbocycles. The van der Waals surface area contributed by atoms with E-state index in [2.05, 4.69) is 5.32 Å². The monoisotopic (exact) mass is 452 g/mol. The summed E-state index contributed by atoms with van der Waals surface area (Å²) in [6.45, 7) is 1.95. The number of rotatable bonds is 9. The van der Waals surface area contributed by atoms with Crippen molar-refractivity contribution in [2.45, 2.75) is 50.9 Å². The van der Waals surface area contributed by atoms with E-state index >= 15 is 0 Å². The zero-order valence-electron chi connectivity index (χ0n) is 18.4. The van der Waals surface area contributed by atoms with Gasteiger partial charge in [0.05, 0.1) is 18.9 Å². The third-order valence-electron chi connectivity index (χ3n) is 5.47. The lowest BCUT2D eigenvalue weighted by Crippen LogP contribution is -2.46. The van der Waals surface area contributed by atoms with Crippen molar-refractivity contribution < 1.29 is 24.2 Å². The van der Waals surface area contributed by atoms with Gasteiger partial charge in [0.2, 0.25) is 5.91 Å². The van der Waals surface area contributed by atoms with E-state index in [4.69, 9.17) is 21.0 Å². The van der Waals surface area contributed by atoms with Crippen molar-refractivity contribution in [1.29, 1.82) is 5.41 Å². The van der Waals surface area contributed by atoms with Crippen LogP contribution in [0.15, 0.2) is 54.6 Å². The number of hydrogen-bond acceptors (Lipinski definition) is 5. The quantitative estimate of drug-likeness (QED) is 0.340. The van der Waals surface area contributed by atoms with Gasteiger partial charge in [-0.1, -0.05) is 54.6 Å². The standard InChI is InChI=1S/C24H28N4O5/c1-15(11-22(30)31)27-21(29)13-19-12-20(17-7-9-18(10-8-17)23(25)26)28(24(32)33-19)14-16-5-3-2-4-6-16/h2-10,15,19-20H,11-14H2,1H3,(H3,25,26)(H,27,29)(H,30,31)/t15-,19-,20+/m1/s1. The van der Waals surface area contributed by atoms with Gasteiger partial charge in [0.15, 0.2) is 0 Å². The van der Waals surface area contributed by atoms with Crippen molar-refractivity contribution in [3.05, 3.63) is 71.3 Å². The first-order chi connectivity index (χ1) is 15.7. The number of hydrogen-bond donors (Lipinski definition) is 4. The van der Waals surface area contributed by atoms with Crippen LogP contribution in [0.1, 0.15) is 48.9 Å². The first kappa shape index (κ1) is 23.8. The molecule has 0 aliphatic carbocycles. The van der Waals surface area contributed by atoms with Gasteiger partial charge in [-0.2, -0.15) is 0 Å². The smallest absolute Gasteiger partial charge is 0.410 e. The number of ether oxygens (including phenoxy) is 1. The minimum Gasteiger partial charge on any atom is -0.481 e. The van der Waals surface area contributed by atoms with Gasteiger partial charge in [0, 0.05) is 24.6 Å². The summed E-state index contributed by atoms with van der Waals surface area (Å²) in [6.07, 6.45) is -1.04. The van der Waals surface area contributed by atoms with E-state index in [1.165, 1.54) is 0 Å². The topological polar surface area (TPSA) is 146 Å². The summed E-state index contributed by atoms with van der Waals surface area (Å²) >= 11 is 0. The number of nitrogens with one attached hydrogen (secondary N) is 2. The Kier molecular flexibility index (Phi) is 7.66. The van der Waals surface area contributed by atoms with Crippen LogP contribution in [0.5, 0.6) is 0 Å². The highest BCUT2D eigenvalue weighted by Crippen LogP contribution is 2.34. The van der Waals surface area contributed by atoms with E-state index in [9.17, 15) is 14.4 Å². The number of amides is 2. The van der Waals surface area contributed by atoms with Gasteiger partial charge in [-0.25, -0.2) is 4.79 Å². The summed E-state index contributed by atoms with van der Waals surface area (Å²) in [5.74, 6) is -1.42. The van der Waals surface area contributed by atoms with Crippen LogP contribution < -0.4 is 11.1 Å². The van der Waals surface area contributed by atoms with Gasteiger partial charge >= 0.3 is 12.1 Å². The molecule has 1 fully saturated rings. The summed E-state index contributed by atoms with van der Waals surface area (Å²) in [5.41, 5.74) is 7.92. The molecule has 174 valence electrons. The molecule has 0 bridgehead atoms. The minimum absolute atomic E-state index is 0.0456. The number of nitrogen functional groups attached to an aromatic ring is 1. The largest absolute Gasteiger partial charge is 0.481 e. The van der Waals surface area contributed by atoms with Gasteiger partial charge in [-0.05, 0) is 18.1 Å². The fraction of sp³-hybridized carbons (Fsp3) is 0.333. The van der Waals surface area contributed by atoms with Crippen LogP contribution in [0.25, 0.3) is 0 Å². The second-order valence-electron chi connectivity index (χ2n) is 8.18. The zero-order valence-corrected chi connectivity index (χ0v) is 18.4. The van der Waals surface area contributed by atoms with E-state index in [0.717, 1.165) is 11.1 Å². The van der Waals surface area contributed by atoms with Gasteiger partial charge in [0.25, 0.3) is 0 Å². The Labute approximate surface area is 192 Å². The SMILES string of the molecule is C[C@H](CC(=O)O)NC(=O)C[C@H]1C[C@@H](c2ccc(C(=N)N)cc2)N(Cc2ccccc2)C(=O)O1. The molecule has 2 aromatic carbocycles. The normalized spacial score (nSPS) is 18.8. The lowest BCUT2D eigenvalue weighted by atomic mass is 9.94. The average molecular weight is 453 g/mol. The minimum atomic E-state index is -1.00. The Hall–Kier alpha value is -3.88. The van der Waals surface area contributed by atoms with Crippen LogP contribution in [-0.2, 0) is 20.9 Å². The van der Waals surface area contributed by atoms with Crippen molar-refractivity contribution in [2.75, 3.05) is 0 Å². The number of cyclic esters (lactones) is 1. The maximum atomic E-state index is 13.0. The Bertz CT molecular complexity index is 1010. The molecule has 0 aromatic heterocycles. The summed E-state index contributed by atoms with van der Waals surface area (Å²) in [4.78, 5) is 37.8. The molecule has 2 aromatic rings. The van der Waals surface area contributed by atoms with Crippen LogP contribution >= 0.6 is 0 Å². The van der Waals surface area contributed by atoms with Crippen molar-refractivity contribution in [2.24, 2.45) is 5.73 Å². The maximum absolute atomic E-state index is 13.0. The predicted octanol–water partition coefficient (Wildman–Crippen LogP) is 2.79. The number of amidine groups is 1. The second kappa shape index (κ2) is 10.6. The molecule has 1 saturated heterocycles. The molecule has 3 atom stereocenters. The number of carboxylic acids is 1. The van der Waals surface area contributed by atoms with E-state index in [1.807, 2.05) is 42.5 Å². The van der Waals surface area contributed by atoms with Gasteiger partial charge < -0.3 is 20.9 Å². The van der Waals surface area contributed by atoms with E-state index in [0.29, 0.717) is 18.5 Å². The van der Waals surface area contributed by atoms with E-state index in [1.54, 1.807) is 24.0 Å². The van der Waals surface area contributed by atoms with Crippen molar-refractivity contribution >= 4 is 23.8 Å². The number of aliphatic carboxylic acids is 1. The molecule has 2 amide bonds. The number of carbonyl (C=O) groups is 3. The maximum Gasteiger partial charge on any atom is 0.410 e. The van der Waals surface area contributed by atoms with Gasteiger partial charge in [-0.3, -0.25) is 19.9 Å². The third kappa shape index (κ3) is 6.55. The van der Waals surface area contributed by atoms with E-state index < -0.39 is 24.2 Å². The molecular weight excluding hydrogens is 424 g/mol. The molecule has 1 heterocycles. The zero-order chi connectivity index (χ0) is 24.0. The Balaban J connectivity index is 1.78. The van der Waals surface area contributed by atoms with Gasteiger partial charge in [-0.15, -0.1) is 0 Å². The molecule has 1 aliphatic heterocycles. The molecule has 0 unspecified atom stereocenters. The molecule has 9 heteroatoms. The average Bonchev–Trinajstić information content (AvgIpc) is 2.75. The molecular formula is C24H28N4O5. The number of carboxylic acid groups (broad SMARTS) is 1. The lowest BCUT2D eigenvalue weighted by molar-refractivity contribution is -0.137. The Morgan fingerprint density at radius 2 is 1.88 bits per heavy atom. The van der Waals surface area contributed by atoms with Crippen LogP contribution in [0.4, 0.5) is 4.79 Å². The third-order valence-corrected chi connectivity index (χ3v) is 5.47. The number of benzene rings is 2. The number of carbonyl (C=O) groups excluding carboxylic acids is 2.